The third-order valence-corrected chi connectivity index (χ3v) is 2.66. The van der Waals surface area contributed by atoms with Gasteiger partial charge in [-0.1, -0.05) is 6.07 Å². The molecule has 0 saturated heterocycles. The van der Waals surface area contributed by atoms with Gasteiger partial charge in [-0.25, -0.2) is 0 Å². The highest BCUT2D eigenvalue weighted by atomic mass is 35.5. The highest BCUT2D eigenvalue weighted by Gasteiger charge is 2.23. The highest BCUT2D eigenvalue weighted by Crippen LogP contribution is 2.36. The Morgan fingerprint density at radius 1 is 1.62 bits per heavy atom. The van der Waals surface area contributed by atoms with E-state index in [9.17, 15) is 0 Å². The molecule has 0 fully saturated rings. The van der Waals surface area contributed by atoms with Gasteiger partial charge in [0.25, 0.3) is 0 Å². The molecule has 70 valence electrons. The van der Waals surface area contributed by atoms with E-state index in [1.165, 1.54) is 5.56 Å². The molecule has 0 bridgehead atoms. The molecule has 0 amide bonds. The van der Waals surface area contributed by atoms with E-state index in [-0.39, 0.29) is 0 Å². The summed E-state index contributed by atoms with van der Waals surface area (Å²) in [7, 11) is 1.65. The lowest BCUT2D eigenvalue weighted by molar-refractivity contribution is 0.336. The molecule has 0 N–H and O–H groups in total. The molecule has 1 aliphatic rings. The van der Waals surface area contributed by atoms with Gasteiger partial charge in [0.2, 0.25) is 0 Å². The first-order valence-electron chi connectivity index (χ1n) is 4.22. The largest absolute Gasteiger partial charge is 0.497 e. The molecule has 2 nitrogen and oxygen atoms in total. The van der Waals surface area contributed by atoms with Crippen molar-refractivity contribution >= 4 is 11.6 Å². The van der Waals surface area contributed by atoms with E-state index in [1.54, 1.807) is 7.11 Å². The fourth-order valence-electron chi connectivity index (χ4n) is 1.51. The number of fused-ring (bicyclic) bond motifs is 1. The minimum atomic E-state index is 0.336. The van der Waals surface area contributed by atoms with Gasteiger partial charge in [-0.3, -0.25) is 0 Å². The Balaban J connectivity index is 2.34. The van der Waals surface area contributed by atoms with Crippen LogP contribution in [-0.4, -0.2) is 19.6 Å². The molecule has 0 spiro atoms. The van der Waals surface area contributed by atoms with Crippen molar-refractivity contribution < 1.29 is 9.47 Å². The first-order chi connectivity index (χ1) is 6.35. The molecule has 1 aliphatic heterocycles. The number of hydrogen-bond acceptors (Lipinski definition) is 2. The molecular formula is C10H11ClO2. The maximum Gasteiger partial charge on any atom is 0.126 e. The number of rotatable bonds is 2. The fourth-order valence-corrected chi connectivity index (χ4v) is 1.77. The summed E-state index contributed by atoms with van der Waals surface area (Å²) in [5.41, 5.74) is 1.19. The van der Waals surface area contributed by atoms with Crippen LogP contribution in [0.4, 0.5) is 0 Å². The van der Waals surface area contributed by atoms with Crippen LogP contribution >= 0.6 is 11.6 Å². The average molecular weight is 199 g/mol. The number of alkyl halides is 1. The number of methoxy groups -OCH3 is 1. The number of ether oxygens (including phenoxy) is 2. The van der Waals surface area contributed by atoms with Gasteiger partial charge in [0.05, 0.1) is 13.7 Å². The maximum atomic E-state index is 5.80. The smallest absolute Gasteiger partial charge is 0.126 e. The van der Waals surface area contributed by atoms with Gasteiger partial charge in [0.1, 0.15) is 11.5 Å². The monoisotopic (exact) mass is 198 g/mol. The van der Waals surface area contributed by atoms with Gasteiger partial charge in [0, 0.05) is 23.4 Å². The number of halogens is 1. The highest BCUT2D eigenvalue weighted by molar-refractivity contribution is 6.18. The molecule has 1 aromatic carbocycles. The lowest BCUT2D eigenvalue weighted by Gasteiger charge is -2.04. The van der Waals surface area contributed by atoms with E-state index in [4.69, 9.17) is 21.1 Å². The minimum Gasteiger partial charge on any atom is -0.497 e. The molecular weight excluding hydrogens is 188 g/mol. The Hall–Kier alpha value is -0.890. The quantitative estimate of drug-likeness (QED) is 0.680. The molecule has 1 aromatic rings. The molecule has 1 heterocycles. The van der Waals surface area contributed by atoms with Crippen LogP contribution in [0.1, 0.15) is 11.5 Å². The van der Waals surface area contributed by atoms with Gasteiger partial charge in [-0.05, 0) is 6.07 Å². The average Bonchev–Trinajstić information content (AvgIpc) is 2.59. The van der Waals surface area contributed by atoms with Crippen molar-refractivity contribution in [3.05, 3.63) is 23.8 Å². The molecule has 13 heavy (non-hydrogen) atoms. The van der Waals surface area contributed by atoms with Crippen LogP contribution < -0.4 is 9.47 Å². The first-order valence-corrected chi connectivity index (χ1v) is 4.75. The fraction of sp³-hybridized carbons (Fsp3) is 0.400. The van der Waals surface area contributed by atoms with Crippen molar-refractivity contribution in [2.24, 2.45) is 0 Å². The number of hydrogen-bond donors (Lipinski definition) is 0. The third-order valence-electron chi connectivity index (χ3n) is 2.29. The molecule has 0 radical (unpaired) electrons. The molecule has 2 rings (SSSR count). The van der Waals surface area contributed by atoms with Crippen molar-refractivity contribution in [2.45, 2.75) is 5.92 Å². The van der Waals surface area contributed by atoms with Crippen LogP contribution in [0.15, 0.2) is 18.2 Å². The molecule has 1 atom stereocenters. The topological polar surface area (TPSA) is 18.5 Å². The summed E-state index contributed by atoms with van der Waals surface area (Å²) >= 11 is 5.80. The second-order valence-corrected chi connectivity index (χ2v) is 3.37. The van der Waals surface area contributed by atoms with E-state index in [2.05, 4.69) is 0 Å². The van der Waals surface area contributed by atoms with Gasteiger partial charge in [-0.15, -0.1) is 11.6 Å². The Kier molecular flexibility index (Phi) is 2.32. The standard InChI is InChI=1S/C10H11ClO2/c1-12-8-2-3-9-7(5-11)6-13-10(9)4-8/h2-4,7H,5-6H2,1H3. The van der Waals surface area contributed by atoms with E-state index < -0.39 is 0 Å². The second kappa shape index (κ2) is 3.46. The number of benzene rings is 1. The Bertz CT molecular complexity index is 312. The molecule has 1 unspecified atom stereocenters. The van der Waals surface area contributed by atoms with E-state index >= 15 is 0 Å². The molecule has 0 aromatic heterocycles. The predicted octanol–water partition coefficient (Wildman–Crippen LogP) is 2.41. The lowest BCUT2D eigenvalue weighted by Crippen LogP contribution is -2.00. The Morgan fingerprint density at radius 3 is 3.15 bits per heavy atom. The van der Waals surface area contributed by atoms with Crippen LogP contribution in [0.5, 0.6) is 11.5 Å². The predicted molar refractivity (Wildman–Crippen MR) is 52.0 cm³/mol. The van der Waals surface area contributed by atoms with Gasteiger partial charge < -0.3 is 9.47 Å². The summed E-state index contributed by atoms with van der Waals surface area (Å²) in [5, 5.41) is 0. The Morgan fingerprint density at radius 2 is 2.46 bits per heavy atom. The van der Waals surface area contributed by atoms with Gasteiger partial charge in [0.15, 0.2) is 0 Å². The molecule has 0 aliphatic carbocycles. The van der Waals surface area contributed by atoms with E-state index in [1.807, 2.05) is 18.2 Å². The summed E-state index contributed by atoms with van der Waals surface area (Å²) in [6.45, 7) is 0.687. The van der Waals surface area contributed by atoms with E-state index in [0.717, 1.165) is 11.5 Å². The van der Waals surface area contributed by atoms with Crippen molar-refractivity contribution in [3.63, 3.8) is 0 Å². The van der Waals surface area contributed by atoms with Crippen molar-refractivity contribution in [1.82, 2.24) is 0 Å². The minimum absolute atomic E-state index is 0.336. The van der Waals surface area contributed by atoms with Crippen LogP contribution in [0, 0.1) is 0 Å². The normalized spacial score (nSPS) is 19.4. The zero-order chi connectivity index (χ0) is 9.26. The van der Waals surface area contributed by atoms with Crippen molar-refractivity contribution in [3.8, 4) is 11.5 Å². The third kappa shape index (κ3) is 1.46. The summed E-state index contributed by atoms with van der Waals surface area (Å²) in [6, 6.07) is 5.86. The van der Waals surface area contributed by atoms with Crippen molar-refractivity contribution in [1.29, 1.82) is 0 Å². The SMILES string of the molecule is COc1ccc2c(c1)OCC2CCl. The Labute approximate surface area is 82.4 Å². The van der Waals surface area contributed by atoms with Crippen LogP contribution in [-0.2, 0) is 0 Å². The molecule has 3 heteroatoms. The summed E-state index contributed by atoms with van der Waals surface area (Å²) < 4.78 is 10.6. The molecule has 0 saturated carbocycles. The summed E-state index contributed by atoms with van der Waals surface area (Å²) in [5.74, 6) is 2.68. The van der Waals surface area contributed by atoms with Crippen molar-refractivity contribution in [2.75, 3.05) is 19.6 Å². The summed E-state index contributed by atoms with van der Waals surface area (Å²) in [6.07, 6.45) is 0. The summed E-state index contributed by atoms with van der Waals surface area (Å²) in [4.78, 5) is 0. The van der Waals surface area contributed by atoms with Gasteiger partial charge in [-0.2, -0.15) is 0 Å². The van der Waals surface area contributed by atoms with Crippen LogP contribution in [0.3, 0.4) is 0 Å². The van der Waals surface area contributed by atoms with Crippen LogP contribution in [0.2, 0.25) is 0 Å². The second-order valence-electron chi connectivity index (χ2n) is 3.07. The van der Waals surface area contributed by atoms with Gasteiger partial charge >= 0.3 is 0 Å². The van der Waals surface area contributed by atoms with Crippen LogP contribution in [0.25, 0.3) is 0 Å². The first kappa shape index (κ1) is 8.70. The lowest BCUT2D eigenvalue weighted by atomic mass is 10.0. The zero-order valence-electron chi connectivity index (χ0n) is 7.42. The van der Waals surface area contributed by atoms with E-state index in [0.29, 0.717) is 18.4 Å². The zero-order valence-corrected chi connectivity index (χ0v) is 8.17. The maximum absolute atomic E-state index is 5.80.